The molecule has 2 heterocycles. The molecule has 178 valence electrons. The number of nitrogens with zero attached hydrogens (tertiary/aromatic N) is 4. The average molecular weight is 460 g/mol. The number of thioether (sulfide) groups is 1. The molecule has 3 atom stereocenters. The molecule has 0 radical (unpaired) electrons. The van der Waals surface area contributed by atoms with Gasteiger partial charge in [0, 0.05) is 38.9 Å². The van der Waals surface area contributed by atoms with E-state index in [2.05, 4.69) is 67.3 Å². The highest BCUT2D eigenvalue weighted by molar-refractivity contribution is 7.98. The van der Waals surface area contributed by atoms with Crippen molar-refractivity contribution >= 4 is 17.7 Å². The summed E-state index contributed by atoms with van der Waals surface area (Å²) < 4.78 is 0. The molecule has 1 aliphatic heterocycles. The summed E-state index contributed by atoms with van der Waals surface area (Å²) in [6.07, 6.45) is 9.27. The van der Waals surface area contributed by atoms with Gasteiger partial charge in [0.2, 0.25) is 5.91 Å². The molecule has 3 unspecified atom stereocenters. The van der Waals surface area contributed by atoms with E-state index in [0.717, 1.165) is 37.1 Å². The number of fused-ring (bicyclic) bond motifs is 1. The monoisotopic (exact) mass is 459 g/mol. The summed E-state index contributed by atoms with van der Waals surface area (Å²) in [7, 11) is 6.19. The van der Waals surface area contributed by atoms with E-state index in [-0.39, 0.29) is 23.7 Å². The Balaban J connectivity index is 1.96. The Kier molecular flexibility index (Phi) is 8.15. The lowest BCUT2D eigenvalue weighted by molar-refractivity contribution is -0.139. The normalized spacial score (nSPS) is 22.0. The number of hydrogen-bond acceptors (Lipinski definition) is 6. The van der Waals surface area contributed by atoms with Gasteiger partial charge in [-0.15, -0.1) is 0 Å². The lowest BCUT2D eigenvalue weighted by Gasteiger charge is -2.47. The number of nitrogens with one attached hydrogen (secondary N) is 1. The molecule has 1 amide bonds. The van der Waals surface area contributed by atoms with Crippen molar-refractivity contribution in [3.05, 3.63) is 41.5 Å². The highest BCUT2D eigenvalue weighted by atomic mass is 32.2. The average Bonchev–Trinajstić information content (AvgIpc) is 3.23. The van der Waals surface area contributed by atoms with E-state index in [9.17, 15) is 4.79 Å². The van der Waals surface area contributed by atoms with Crippen molar-refractivity contribution in [2.75, 3.05) is 33.2 Å². The van der Waals surface area contributed by atoms with Crippen molar-refractivity contribution in [3.8, 4) is 0 Å². The van der Waals surface area contributed by atoms with Crippen LogP contribution < -0.4 is 5.32 Å². The number of likely N-dealkylation sites (N-methyl/N-ethyl adjacent to an activating group) is 2. The van der Waals surface area contributed by atoms with Gasteiger partial charge in [-0.2, -0.15) is 11.8 Å². The Morgan fingerprint density at radius 3 is 2.72 bits per heavy atom. The highest BCUT2D eigenvalue weighted by Gasteiger charge is 2.40. The number of pyridine rings is 1. The number of carbonyl (C=O) groups excluding carboxylic acids is 1. The first kappa shape index (κ1) is 24.9. The maximum atomic E-state index is 13.7. The Hall–Kier alpha value is -1.73. The second-order valence-electron chi connectivity index (χ2n) is 10.1. The molecular weight excluding hydrogens is 418 g/mol. The second-order valence-corrected chi connectivity index (χ2v) is 11.0. The van der Waals surface area contributed by atoms with Gasteiger partial charge in [-0.05, 0) is 82.6 Å². The van der Waals surface area contributed by atoms with E-state index in [0.29, 0.717) is 6.04 Å². The lowest BCUT2D eigenvalue weighted by atomic mass is 10.0. The molecule has 1 N–H and O–H groups in total. The predicted molar refractivity (Wildman–Crippen MR) is 134 cm³/mol. The van der Waals surface area contributed by atoms with Crippen LogP contribution in [-0.2, 0) is 4.79 Å². The van der Waals surface area contributed by atoms with Crippen LogP contribution in [0.1, 0.15) is 64.7 Å². The Morgan fingerprint density at radius 1 is 1.34 bits per heavy atom. The first-order valence-corrected chi connectivity index (χ1v) is 13.2. The fourth-order valence-corrected chi connectivity index (χ4v) is 5.31. The lowest BCUT2D eigenvalue weighted by Crippen LogP contribution is -2.56. The minimum atomic E-state index is -0.208. The zero-order valence-electron chi connectivity index (χ0n) is 20.9. The zero-order valence-corrected chi connectivity index (χ0v) is 21.7. The van der Waals surface area contributed by atoms with Crippen molar-refractivity contribution in [3.63, 3.8) is 0 Å². The number of amides is 1. The molecule has 0 spiro atoms. The van der Waals surface area contributed by atoms with Crippen molar-refractivity contribution in [2.45, 2.75) is 76.7 Å². The minimum absolute atomic E-state index is 0.00259. The van der Waals surface area contributed by atoms with E-state index in [1.54, 1.807) is 0 Å². The first-order valence-electron chi connectivity index (χ1n) is 11.8. The summed E-state index contributed by atoms with van der Waals surface area (Å²) in [5.41, 5.74) is 2.24. The molecule has 1 saturated carbocycles. The Labute approximate surface area is 198 Å². The van der Waals surface area contributed by atoms with Crippen LogP contribution in [0.2, 0.25) is 0 Å². The summed E-state index contributed by atoms with van der Waals surface area (Å²) in [5.74, 6) is 2.47. The third-order valence-electron chi connectivity index (χ3n) is 6.94. The van der Waals surface area contributed by atoms with Crippen LogP contribution in [0.4, 0.5) is 0 Å². The van der Waals surface area contributed by atoms with Crippen molar-refractivity contribution in [1.29, 1.82) is 0 Å². The van der Waals surface area contributed by atoms with Gasteiger partial charge in [0.05, 0.1) is 5.69 Å². The molecule has 7 heteroatoms. The largest absolute Gasteiger partial charge is 0.349 e. The van der Waals surface area contributed by atoms with Crippen molar-refractivity contribution in [1.82, 2.24) is 25.0 Å². The predicted octanol–water partition coefficient (Wildman–Crippen LogP) is 4.08. The molecule has 1 aliphatic carbocycles. The summed E-state index contributed by atoms with van der Waals surface area (Å²) >= 11 is 1.85. The van der Waals surface area contributed by atoms with Crippen molar-refractivity contribution < 1.29 is 4.79 Å². The first-order chi connectivity index (χ1) is 15.2. The van der Waals surface area contributed by atoms with Gasteiger partial charge in [-0.1, -0.05) is 6.07 Å². The fraction of sp³-hybridized carbons (Fsp3) is 0.680. The number of aromatic nitrogens is 1. The van der Waals surface area contributed by atoms with Gasteiger partial charge >= 0.3 is 0 Å². The fourth-order valence-electron chi connectivity index (χ4n) is 4.85. The van der Waals surface area contributed by atoms with Crippen molar-refractivity contribution in [2.24, 2.45) is 0 Å². The van der Waals surface area contributed by atoms with Gasteiger partial charge in [0.25, 0.3) is 0 Å². The smallest absolute Gasteiger partial charge is 0.245 e. The second kappa shape index (κ2) is 10.5. The van der Waals surface area contributed by atoms with Crippen LogP contribution >= 0.6 is 11.8 Å². The molecule has 1 aromatic rings. The van der Waals surface area contributed by atoms with Gasteiger partial charge < -0.3 is 14.7 Å². The van der Waals surface area contributed by atoms with Crippen LogP contribution in [0.15, 0.2) is 35.8 Å². The molecule has 1 fully saturated rings. The van der Waals surface area contributed by atoms with E-state index in [4.69, 9.17) is 0 Å². The SMILES string of the molecule is CSCCCC(C(=O)N(C)C(C)(C)C)N(C)C1=C2CCCC2NC(c2ccccn2)N1C. The molecule has 32 heavy (non-hydrogen) atoms. The van der Waals surface area contributed by atoms with E-state index in [1.807, 2.05) is 42.0 Å². The summed E-state index contributed by atoms with van der Waals surface area (Å²) in [6.45, 7) is 6.31. The number of carbonyl (C=O) groups is 1. The topological polar surface area (TPSA) is 51.7 Å². The molecule has 0 aromatic carbocycles. The third-order valence-corrected chi connectivity index (χ3v) is 7.64. The molecular formula is C25H41N5OS. The van der Waals surface area contributed by atoms with Crippen LogP contribution in [-0.4, -0.2) is 76.4 Å². The quantitative estimate of drug-likeness (QED) is 0.591. The van der Waals surface area contributed by atoms with Gasteiger partial charge in [-0.3, -0.25) is 15.1 Å². The Bertz CT molecular complexity index is 806. The summed E-state index contributed by atoms with van der Waals surface area (Å²) in [5, 5.41) is 3.81. The maximum Gasteiger partial charge on any atom is 0.245 e. The summed E-state index contributed by atoms with van der Waals surface area (Å²) in [6, 6.07) is 6.25. The number of rotatable bonds is 8. The standard InChI is InChI=1S/C25H41N5OS/c1-25(2,3)30(6)24(31)21(15-11-17-32-7)28(4)23-18-12-10-14-19(18)27-22(29(23)5)20-13-8-9-16-26-20/h8-9,13,16,19,21-22,27H,10-12,14-15,17H2,1-7H3. The molecule has 0 bridgehead atoms. The third kappa shape index (κ3) is 5.25. The molecule has 3 rings (SSSR count). The van der Waals surface area contributed by atoms with Crippen LogP contribution in [0, 0.1) is 0 Å². The van der Waals surface area contributed by atoms with E-state index < -0.39 is 0 Å². The van der Waals surface area contributed by atoms with Gasteiger partial charge in [0.15, 0.2) is 0 Å². The number of hydrogen-bond donors (Lipinski definition) is 1. The van der Waals surface area contributed by atoms with Crippen LogP contribution in [0.3, 0.4) is 0 Å². The van der Waals surface area contributed by atoms with Crippen LogP contribution in [0.5, 0.6) is 0 Å². The molecule has 6 nitrogen and oxygen atoms in total. The van der Waals surface area contributed by atoms with Gasteiger partial charge in [-0.25, -0.2) is 0 Å². The van der Waals surface area contributed by atoms with Gasteiger partial charge in [0.1, 0.15) is 18.0 Å². The van der Waals surface area contributed by atoms with E-state index >= 15 is 0 Å². The molecule has 2 aliphatic rings. The van der Waals surface area contributed by atoms with E-state index in [1.165, 1.54) is 17.8 Å². The Morgan fingerprint density at radius 2 is 2.09 bits per heavy atom. The molecule has 1 aromatic heterocycles. The zero-order chi connectivity index (χ0) is 23.5. The minimum Gasteiger partial charge on any atom is -0.349 e. The maximum absolute atomic E-state index is 13.7. The summed E-state index contributed by atoms with van der Waals surface area (Å²) in [4.78, 5) is 24.9. The molecule has 0 saturated heterocycles. The van der Waals surface area contributed by atoms with Crippen LogP contribution in [0.25, 0.3) is 0 Å². The highest BCUT2D eigenvalue weighted by Crippen LogP contribution is 2.39.